The van der Waals surface area contributed by atoms with E-state index in [0.29, 0.717) is 16.5 Å². The van der Waals surface area contributed by atoms with Crippen LogP contribution in [0.4, 0.5) is 0 Å². The highest BCUT2D eigenvalue weighted by Gasteiger charge is 2.15. The van der Waals surface area contributed by atoms with E-state index in [1.807, 2.05) is 12.1 Å². The van der Waals surface area contributed by atoms with Crippen molar-refractivity contribution in [3.8, 4) is 6.07 Å². The standard InChI is InChI=1S/C11H10BrNO2/c1-7-3-8(5-12)4-9(6-13)10(7)11(14)15-2/h3-4H,5H2,1-2H3. The zero-order valence-electron chi connectivity index (χ0n) is 8.50. The van der Waals surface area contributed by atoms with Gasteiger partial charge in [-0.3, -0.25) is 0 Å². The molecule has 1 aromatic rings. The molecule has 0 radical (unpaired) electrons. The number of hydrogen-bond donors (Lipinski definition) is 0. The maximum absolute atomic E-state index is 11.4. The fourth-order valence-corrected chi connectivity index (χ4v) is 1.72. The van der Waals surface area contributed by atoms with Crippen LogP contribution in [0.2, 0.25) is 0 Å². The molecule has 0 aliphatic carbocycles. The summed E-state index contributed by atoms with van der Waals surface area (Å²) in [6, 6.07) is 5.56. The molecule has 78 valence electrons. The molecule has 0 heterocycles. The van der Waals surface area contributed by atoms with Gasteiger partial charge < -0.3 is 4.74 Å². The van der Waals surface area contributed by atoms with Crippen molar-refractivity contribution in [3.63, 3.8) is 0 Å². The molecule has 15 heavy (non-hydrogen) atoms. The van der Waals surface area contributed by atoms with E-state index >= 15 is 0 Å². The molecule has 0 saturated heterocycles. The molecule has 0 unspecified atom stereocenters. The van der Waals surface area contributed by atoms with Gasteiger partial charge in [0, 0.05) is 5.33 Å². The minimum atomic E-state index is -0.467. The number of rotatable bonds is 2. The summed E-state index contributed by atoms with van der Waals surface area (Å²) in [6.07, 6.45) is 0. The average Bonchev–Trinajstić information content (AvgIpc) is 2.26. The maximum atomic E-state index is 11.4. The lowest BCUT2D eigenvalue weighted by Crippen LogP contribution is -2.07. The highest BCUT2D eigenvalue weighted by molar-refractivity contribution is 9.08. The summed E-state index contributed by atoms with van der Waals surface area (Å²) in [5.74, 6) is -0.467. The summed E-state index contributed by atoms with van der Waals surface area (Å²) in [6.45, 7) is 1.79. The van der Waals surface area contributed by atoms with Gasteiger partial charge >= 0.3 is 5.97 Å². The molecule has 0 atom stereocenters. The third kappa shape index (κ3) is 2.37. The van der Waals surface area contributed by atoms with E-state index in [2.05, 4.69) is 20.7 Å². The molecule has 0 amide bonds. The number of ether oxygens (including phenoxy) is 1. The van der Waals surface area contributed by atoms with Crippen LogP contribution in [0.1, 0.15) is 27.0 Å². The van der Waals surface area contributed by atoms with Crippen molar-refractivity contribution in [1.29, 1.82) is 5.26 Å². The molecule has 0 aliphatic heterocycles. The average molecular weight is 268 g/mol. The number of carbonyl (C=O) groups is 1. The van der Waals surface area contributed by atoms with Gasteiger partial charge in [-0.15, -0.1) is 0 Å². The van der Waals surface area contributed by atoms with E-state index in [1.54, 1.807) is 13.0 Å². The second-order valence-corrected chi connectivity index (χ2v) is 3.63. The van der Waals surface area contributed by atoms with E-state index < -0.39 is 5.97 Å². The van der Waals surface area contributed by atoms with Crippen molar-refractivity contribution in [2.24, 2.45) is 0 Å². The highest BCUT2D eigenvalue weighted by atomic mass is 79.9. The zero-order valence-corrected chi connectivity index (χ0v) is 10.1. The minimum Gasteiger partial charge on any atom is -0.465 e. The first-order chi connectivity index (χ1) is 7.13. The Labute approximate surface area is 96.8 Å². The largest absolute Gasteiger partial charge is 0.465 e. The van der Waals surface area contributed by atoms with Crippen LogP contribution in [-0.4, -0.2) is 13.1 Å². The van der Waals surface area contributed by atoms with Crippen LogP contribution >= 0.6 is 15.9 Å². The first kappa shape index (κ1) is 11.7. The lowest BCUT2D eigenvalue weighted by Gasteiger charge is -2.07. The third-order valence-electron chi connectivity index (χ3n) is 2.06. The van der Waals surface area contributed by atoms with Gasteiger partial charge in [-0.1, -0.05) is 22.0 Å². The van der Waals surface area contributed by atoms with Crippen LogP contribution in [0.15, 0.2) is 12.1 Å². The molecule has 0 saturated carbocycles. The number of esters is 1. The summed E-state index contributed by atoms with van der Waals surface area (Å²) in [7, 11) is 1.31. The molecule has 1 rings (SSSR count). The maximum Gasteiger partial charge on any atom is 0.339 e. The lowest BCUT2D eigenvalue weighted by atomic mass is 10.00. The van der Waals surface area contributed by atoms with Gasteiger partial charge in [0.05, 0.1) is 18.2 Å². The number of alkyl halides is 1. The van der Waals surface area contributed by atoms with Crippen LogP contribution in [0.3, 0.4) is 0 Å². The molecule has 1 aromatic carbocycles. The number of nitriles is 1. The van der Waals surface area contributed by atoms with Crippen LogP contribution in [-0.2, 0) is 10.1 Å². The molecule has 3 nitrogen and oxygen atoms in total. The Hall–Kier alpha value is -1.34. The third-order valence-corrected chi connectivity index (χ3v) is 2.71. The first-order valence-corrected chi connectivity index (χ1v) is 5.44. The van der Waals surface area contributed by atoms with E-state index in [9.17, 15) is 4.79 Å². The van der Waals surface area contributed by atoms with E-state index in [-0.39, 0.29) is 0 Å². The van der Waals surface area contributed by atoms with Crippen LogP contribution in [0.5, 0.6) is 0 Å². The van der Waals surface area contributed by atoms with Crippen LogP contribution < -0.4 is 0 Å². The molecular formula is C11H10BrNO2. The Morgan fingerprint density at radius 1 is 1.60 bits per heavy atom. The summed E-state index contributed by atoms with van der Waals surface area (Å²) in [5, 5.41) is 9.59. The van der Waals surface area contributed by atoms with Gasteiger partial charge in [0.25, 0.3) is 0 Å². The minimum absolute atomic E-state index is 0.352. The topological polar surface area (TPSA) is 50.1 Å². The van der Waals surface area contributed by atoms with Crippen molar-refractivity contribution in [1.82, 2.24) is 0 Å². The van der Waals surface area contributed by atoms with Gasteiger partial charge in [0.2, 0.25) is 0 Å². The SMILES string of the molecule is COC(=O)c1c(C)cc(CBr)cc1C#N. The summed E-state index contributed by atoms with van der Waals surface area (Å²) in [5.41, 5.74) is 2.44. The molecule has 0 bridgehead atoms. The second-order valence-electron chi connectivity index (χ2n) is 3.07. The van der Waals surface area contributed by atoms with E-state index in [1.165, 1.54) is 7.11 Å². The van der Waals surface area contributed by atoms with Crippen molar-refractivity contribution >= 4 is 21.9 Å². The molecule has 0 spiro atoms. The number of nitrogens with zero attached hydrogens (tertiary/aromatic N) is 1. The number of benzene rings is 1. The van der Waals surface area contributed by atoms with Crippen molar-refractivity contribution in [3.05, 3.63) is 34.4 Å². The zero-order chi connectivity index (χ0) is 11.4. The molecule has 4 heteroatoms. The van der Waals surface area contributed by atoms with Gasteiger partial charge in [-0.25, -0.2) is 4.79 Å². The van der Waals surface area contributed by atoms with E-state index in [0.717, 1.165) is 11.1 Å². The highest BCUT2D eigenvalue weighted by Crippen LogP contribution is 2.19. The summed E-state index contributed by atoms with van der Waals surface area (Å²) in [4.78, 5) is 11.4. The lowest BCUT2D eigenvalue weighted by molar-refractivity contribution is 0.0599. The van der Waals surface area contributed by atoms with Gasteiger partial charge in [0.15, 0.2) is 0 Å². The molecule has 0 aliphatic rings. The van der Waals surface area contributed by atoms with Crippen molar-refractivity contribution in [2.45, 2.75) is 12.3 Å². The normalized spacial score (nSPS) is 9.47. The van der Waals surface area contributed by atoms with Gasteiger partial charge in [-0.05, 0) is 24.1 Å². The Morgan fingerprint density at radius 3 is 2.73 bits per heavy atom. The number of hydrogen-bond acceptors (Lipinski definition) is 3. The fraction of sp³-hybridized carbons (Fsp3) is 0.273. The van der Waals surface area contributed by atoms with Crippen LogP contribution in [0.25, 0.3) is 0 Å². The molecular weight excluding hydrogens is 258 g/mol. The van der Waals surface area contributed by atoms with Crippen molar-refractivity contribution < 1.29 is 9.53 Å². The summed E-state index contributed by atoms with van der Waals surface area (Å²) >= 11 is 3.31. The summed E-state index contributed by atoms with van der Waals surface area (Å²) < 4.78 is 4.63. The van der Waals surface area contributed by atoms with Crippen LogP contribution in [0, 0.1) is 18.3 Å². The monoisotopic (exact) mass is 267 g/mol. The van der Waals surface area contributed by atoms with E-state index in [4.69, 9.17) is 5.26 Å². The fourth-order valence-electron chi connectivity index (χ4n) is 1.40. The quantitative estimate of drug-likeness (QED) is 0.611. The second kappa shape index (κ2) is 4.94. The number of halogens is 1. The van der Waals surface area contributed by atoms with Gasteiger partial charge in [-0.2, -0.15) is 5.26 Å². The number of methoxy groups -OCH3 is 1. The number of carbonyl (C=O) groups excluding carboxylic acids is 1. The smallest absolute Gasteiger partial charge is 0.339 e. The van der Waals surface area contributed by atoms with Gasteiger partial charge in [0.1, 0.15) is 6.07 Å². The Balaban J connectivity index is 3.39. The predicted octanol–water partition coefficient (Wildman–Crippen LogP) is 2.55. The Bertz CT molecular complexity index is 435. The first-order valence-electron chi connectivity index (χ1n) is 4.32. The predicted molar refractivity (Wildman–Crippen MR) is 59.9 cm³/mol. The molecule has 0 aromatic heterocycles. The number of aryl methyl sites for hydroxylation is 1. The molecule has 0 N–H and O–H groups in total. The Morgan fingerprint density at radius 2 is 2.27 bits per heavy atom. The Kier molecular flexibility index (Phi) is 3.87. The van der Waals surface area contributed by atoms with Crippen molar-refractivity contribution in [2.75, 3.05) is 7.11 Å². The molecule has 0 fully saturated rings.